The van der Waals surface area contributed by atoms with Gasteiger partial charge in [-0.1, -0.05) is 20.8 Å². The normalized spacial score (nSPS) is 19.8. The number of hydrogen-bond donors (Lipinski definition) is 1. The minimum atomic E-state index is -0.664. The van der Waals surface area contributed by atoms with Crippen molar-refractivity contribution in [1.29, 1.82) is 0 Å². The molecule has 0 spiro atoms. The molecule has 1 aliphatic rings. The highest BCUT2D eigenvalue weighted by Gasteiger charge is 2.23. The highest BCUT2D eigenvalue weighted by Crippen LogP contribution is 2.23. The first-order valence-electron chi connectivity index (χ1n) is 6.43. The van der Waals surface area contributed by atoms with Gasteiger partial charge in [-0.3, -0.25) is 4.79 Å². The van der Waals surface area contributed by atoms with Crippen LogP contribution >= 0.6 is 0 Å². The minimum Gasteiger partial charge on any atom is -0.481 e. The third-order valence-electron chi connectivity index (χ3n) is 3.63. The Morgan fingerprint density at radius 2 is 2.00 bits per heavy atom. The van der Waals surface area contributed by atoms with Gasteiger partial charge in [-0.25, -0.2) is 0 Å². The predicted molar refractivity (Wildman–Crippen MR) is 65.4 cm³/mol. The van der Waals surface area contributed by atoms with Crippen molar-refractivity contribution in [2.45, 2.75) is 40.0 Å². The maximum Gasteiger partial charge on any atom is 0.303 e. The molecular formula is C13H25NO2. The lowest BCUT2D eigenvalue weighted by molar-refractivity contribution is -0.137. The fourth-order valence-electron chi connectivity index (χ4n) is 2.48. The molecule has 0 aliphatic carbocycles. The minimum absolute atomic E-state index is 0.319. The van der Waals surface area contributed by atoms with E-state index in [1.807, 2.05) is 0 Å². The van der Waals surface area contributed by atoms with Gasteiger partial charge < -0.3 is 10.0 Å². The number of hydrogen-bond acceptors (Lipinski definition) is 2. The topological polar surface area (TPSA) is 40.5 Å². The first-order chi connectivity index (χ1) is 7.49. The molecule has 1 saturated heterocycles. The summed E-state index contributed by atoms with van der Waals surface area (Å²) in [5, 5.41) is 8.70. The number of nitrogens with zero attached hydrogens (tertiary/aromatic N) is 1. The van der Waals surface area contributed by atoms with Crippen LogP contribution in [0.1, 0.15) is 40.0 Å². The van der Waals surface area contributed by atoms with Crippen molar-refractivity contribution < 1.29 is 9.90 Å². The summed E-state index contributed by atoms with van der Waals surface area (Å²) in [6.07, 6.45) is 2.30. The molecular weight excluding hydrogens is 202 g/mol. The zero-order valence-electron chi connectivity index (χ0n) is 10.8. The summed E-state index contributed by atoms with van der Waals surface area (Å²) in [6, 6.07) is 0. The lowest BCUT2D eigenvalue weighted by Gasteiger charge is -2.38. The van der Waals surface area contributed by atoms with E-state index in [-0.39, 0.29) is 0 Å². The van der Waals surface area contributed by atoms with Gasteiger partial charge in [0.25, 0.3) is 0 Å². The molecule has 3 nitrogen and oxygen atoms in total. The average molecular weight is 227 g/mol. The van der Waals surface area contributed by atoms with Crippen LogP contribution in [0, 0.1) is 17.8 Å². The van der Waals surface area contributed by atoms with E-state index in [1.54, 1.807) is 0 Å². The smallest absolute Gasteiger partial charge is 0.303 e. The van der Waals surface area contributed by atoms with Crippen LogP contribution in [0.2, 0.25) is 0 Å². The molecule has 0 aromatic carbocycles. The zero-order valence-corrected chi connectivity index (χ0v) is 10.8. The Bertz CT molecular complexity index is 222. The van der Waals surface area contributed by atoms with Crippen LogP contribution in [0.25, 0.3) is 0 Å². The van der Waals surface area contributed by atoms with Crippen molar-refractivity contribution >= 4 is 5.97 Å². The molecule has 1 aliphatic heterocycles. The summed E-state index contributed by atoms with van der Waals surface area (Å²) in [6.45, 7) is 10.3. The van der Waals surface area contributed by atoms with E-state index in [1.165, 1.54) is 13.1 Å². The molecule has 3 heteroatoms. The van der Waals surface area contributed by atoms with E-state index in [0.29, 0.717) is 18.3 Å². The summed E-state index contributed by atoms with van der Waals surface area (Å²) < 4.78 is 0. The number of rotatable bonds is 7. The first kappa shape index (κ1) is 13.5. The van der Waals surface area contributed by atoms with E-state index in [0.717, 1.165) is 25.3 Å². The van der Waals surface area contributed by atoms with Crippen LogP contribution in [0.3, 0.4) is 0 Å². The number of aliphatic carboxylic acids is 1. The van der Waals surface area contributed by atoms with Crippen molar-refractivity contribution in [3.05, 3.63) is 0 Å². The second-order valence-corrected chi connectivity index (χ2v) is 5.59. The Labute approximate surface area is 98.8 Å². The molecule has 94 valence electrons. The van der Waals surface area contributed by atoms with Crippen LogP contribution in [0.4, 0.5) is 0 Å². The summed E-state index contributed by atoms with van der Waals surface area (Å²) in [5.74, 6) is 1.35. The van der Waals surface area contributed by atoms with Gasteiger partial charge in [-0.2, -0.15) is 0 Å². The van der Waals surface area contributed by atoms with Crippen LogP contribution in [0.15, 0.2) is 0 Å². The summed E-state index contributed by atoms with van der Waals surface area (Å²) >= 11 is 0. The number of likely N-dealkylation sites (tertiary alicyclic amines) is 1. The molecule has 0 aromatic heterocycles. The van der Waals surface area contributed by atoms with E-state index in [9.17, 15) is 4.79 Å². The third kappa shape index (κ3) is 4.52. The Balaban J connectivity index is 2.19. The van der Waals surface area contributed by atoms with Gasteiger partial charge in [0.2, 0.25) is 0 Å². The van der Waals surface area contributed by atoms with E-state index >= 15 is 0 Å². The van der Waals surface area contributed by atoms with Crippen molar-refractivity contribution in [3.63, 3.8) is 0 Å². The fourth-order valence-corrected chi connectivity index (χ4v) is 2.48. The molecule has 16 heavy (non-hydrogen) atoms. The van der Waals surface area contributed by atoms with Crippen molar-refractivity contribution in [1.82, 2.24) is 4.90 Å². The Morgan fingerprint density at radius 3 is 2.44 bits per heavy atom. The maximum absolute atomic E-state index is 10.6. The summed E-state index contributed by atoms with van der Waals surface area (Å²) in [5.41, 5.74) is 0. The highest BCUT2D eigenvalue weighted by molar-refractivity contribution is 5.66. The second-order valence-electron chi connectivity index (χ2n) is 5.59. The van der Waals surface area contributed by atoms with Crippen LogP contribution in [-0.4, -0.2) is 35.6 Å². The molecule has 1 unspecified atom stereocenters. The van der Waals surface area contributed by atoms with Gasteiger partial charge in [-0.05, 0) is 37.1 Å². The molecule has 1 atom stereocenters. The average Bonchev–Trinajstić information content (AvgIpc) is 2.13. The van der Waals surface area contributed by atoms with Crippen molar-refractivity contribution in [2.75, 3.05) is 19.6 Å². The van der Waals surface area contributed by atoms with Crippen molar-refractivity contribution in [2.24, 2.45) is 17.8 Å². The number of carboxylic acids is 1. The molecule has 0 saturated carbocycles. The SMILES string of the molecule is CC1CN(CCC(CCC(=O)O)C(C)C)C1. The standard InChI is InChI=1S/C13H25NO2/c1-10(2)12(4-5-13(15)16)6-7-14-8-11(3)9-14/h10-12H,4-9H2,1-3H3,(H,15,16). The maximum atomic E-state index is 10.6. The predicted octanol–water partition coefficient (Wildman–Crippen LogP) is 2.47. The molecule has 1 heterocycles. The van der Waals surface area contributed by atoms with E-state index in [2.05, 4.69) is 25.7 Å². The van der Waals surface area contributed by atoms with E-state index in [4.69, 9.17) is 5.11 Å². The second kappa shape index (κ2) is 6.24. The highest BCUT2D eigenvalue weighted by atomic mass is 16.4. The van der Waals surface area contributed by atoms with Crippen LogP contribution in [0.5, 0.6) is 0 Å². The monoisotopic (exact) mass is 227 g/mol. The van der Waals surface area contributed by atoms with Gasteiger partial charge >= 0.3 is 5.97 Å². The first-order valence-corrected chi connectivity index (χ1v) is 6.43. The Hall–Kier alpha value is -0.570. The Kier molecular flexibility index (Phi) is 5.26. The summed E-state index contributed by atoms with van der Waals surface area (Å²) in [7, 11) is 0. The summed E-state index contributed by atoms with van der Waals surface area (Å²) in [4.78, 5) is 13.0. The molecule has 0 amide bonds. The van der Waals surface area contributed by atoms with Gasteiger partial charge in [-0.15, -0.1) is 0 Å². The van der Waals surface area contributed by atoms with Gasteiger partial charge in [0.15, 0.2) is 0 Å². The molecule has 0 bridgehead atoms. The molecule has 0 radical (unpaired) electrons. The lowest BCUT2D eigenvalue weighted by atomic mass is 9.87. The van der Waals surface area contributed by atoms with Gasteiger partial charge in [0.05, 0.1) is 0 Å². The largest absolute Gasteiger partial charge is 0.481 e. The fraction of sp³-hybridized carbons (Fsp3) is 0.923. The number of carboxylic acid groups (broad SMARTS) is 1. The van der Waals surface area contributed by atoms with Crippen LogP contribution in [-0.2, 0) is 4.79 Å². The van der Waals surface area contributed by atoms with Gasteiger partial charge in [0.1, 0.15) is 0 Å². The quantitative estimate of drug-likeness (QED) is 0.726. The third-order valence-corrected chi connectivity index (χ3v) is 3.63. The number of carbonyl (C=O) groups is 1. The molecule has 1 rings (SSSR count). The van der Waals surface area contributed by atoms with Crippen molar-refractivity contribution in [3.8, 4) is 0 Å². The van der Waals surface area contributed by atoms with Crippen LogP contribution < -0.4 is 0 Å². The molecule has 1 N–H and O–H groups in total. The molecule has 0 aromatic rings. The molecule has 1 fully saturated rings. The lowest BCUT2D eigenvalue weighted by Crippen LogP contribution is -2.45. The zero-order chi connectivity index (χ0) is 12.1. The van der Waals surface area contributed by atoms with E-state index < -0.39 is 5.97 Å². The Morgan fingerprint density at radius 1 is 1.38 bits per heavy atom. The van der Waals surface area contributed by atoms with Gasteiger partial charge in [0, 0.05) is 19.5 Å².